The number of nitrogens with two attached hydrogens (primary N) is 1. The number of hydrogen-bond donors (Lipinski definition) is 2. The van der Waals surface area contributed by atoms with Crippen molar-refractivity contribution in [1.29, 1.82) is 0 Å². The first-order chi connectivity index (χ1) is 9.40. The van der Waals surface area contributed by atoms with Crippen LogP contribution in [0.25, 0.3) is 0 Å². The van der Waals surface area contributed by atoms with E-state index in [0.717, 1.165) is 0 Å². The van der Waals surface area contributed by atoms with Gasteiger partial charge in [0.05, 0.1) is 12.5 Å². The van der Waals surface area contributed by atoms with Crippen molar-refractivity contribution in [3.05, 3.63) is 35.6 Å². The van der Waals surface area contributed by atoms with Crippen LogP contribution in [0.4, 0.5) is 4.39 Å². The van der Waals surface area contributed by atoms with Crippen LogP contribution in [0.1, 0.15) is 25.8 Å². The average molecular weight is 282 g/mol. The number of hydrogen-bond acceptors (Lipinski definition) is 3. The van der Waals surface area contributed by atoms with Crippen LogP contribution in [0.3, 0.4) is 0 Å². The third kappa shape index (κ3) is 4.58. The molecule has 0 radical (unpaired) electrons. The third-order valence-corrected chi connectivity index (χ3v) is 3.34. The Morgan fingerprint density at radius 2 is 2.10 bits per heavy atom. The number of rotatable bonds is 7. The van der Waals surface area contributed by atoms with E-state index in [1.54, 1.807) is 18.2 Å². The molecule has 3 N–H and O–H groups in total. The van der Waals surface area contributed by atoms with Crippen LogP contribution < -0.4 is 11.1 Å². The Kier molecular flexibility index (Phi) is 6.10. The van der Waals surface area contributed by atoms with Crippen LogP contribution in [0.2, 0.25) is 0 Å². The first-order valence-electron chi connectivity index (χ1n) is 6.65. The van der Waals surface area contributed by atoms with Gasteiger partial charge in [-0.2, -0.15) is 0 Å². The molecule has 0 spiro atoms. The Morgan fingerprint density at radius 3 is 2.65 bits per heavy atom. The van der Waals surface area contributed by atoms with Crippen LogP contribution in [0.5, 0.6) is 0 Å². The van der Waals surface area contributed by atoms with Gasteiger partial charge in [0.15, 0.2) is 0 Å². The molecule has 0 saturated heterocycles. The molecule has 112 valence electrons. The highest BCUT2D eigenvalue weighted by atomic mass is 19.1. The van der Waals surface area contributed by atoms with Crippen molar-refractivity contribution in [2.24, 2.45) is 5.73 Å². The highest BCUT2D eigenvalue weighted by Crippen LogP contribution is 2.24. The molecule has 1 amide bonds. The predicted octanol–water partition coefficient (Wildman–Crippen LogP) is 1.58. The summed E-state index contributed by atoms with van der Waals surface area (Å²) in [5.41, 5.74) is 5.58. The smallest absolute Gasteiger partial charge is 0.222 e. The van der Waals surface area contributed by atoms with E-state index in [4.69, 9.17) is 10.5 Å². The summed E-state index contributed by atoms with van der Waals surface area (Å²) in [4.78, 5) is 11.8. The minimum Gasteiger partial charge on any atom is -0.380 e. The van der Waals surface area contributed by atoms with Gasteiger partial charge in [-0.3, -0.25) is 4.79 Å². The van der Waals surface area contributed by atoms with Crippen LogP contribution in [0, 0.1) is 5.82 Å². The molecule has 0 bridgehead atoms. The molecule has 0 fully saturated rings. The number of benzene rings is 1. The van der Waals surface area contributed by atoms with E-state index in [2.05, 4.69) is 5.32 Å². The molecule has 0 heterocycles. The van der Waals surface area contributed by atoms with Crippen molar-refractivity contribution in [2.45, 2.75) is 31.8 Å². The summed E-state index contributed by atoms with van der Waals surface area (Å²) in [5, 5.41) is 2.81. The summed E-state index contributed by atoms with van der Waals surface area (Å²) in [7, 11) is 1.52. The first kappa shape index (κ1) is 16.6. The molecule has 5 heteroatoms. The molecule has 0 aromatic heterocycles. The summed E-state index contributed by atoms with van der Waals surface area (Å²) < 4.78 is 18.8. The van der Waals surface area contributed by atoms with Crippen molar-refractivity contribution in [3.63, 3.8) is 0 Å². The monoisotopic (exact) mass is 282 g/mol. The van der Waals surface area contributed by atoms with E-state index in [-0.39, 0.29) is 24.2 Å². The van der Waals surface area contributed by atoms with E-state index >= 15 is 0 Å². The zero-order valence-corrected chi connectivity index (χ0v) is 12.3. The standard InChI is InChI=1S/C15H23FN2O2/c1-15(2,12-6-4-5-7-13(12)16)10-18-14(19)8-11(9-17)20-3/h4-7,11H,8-10,17H2,1-3H3,(H,18,19). The van der Waals surface area contributed by atoms with Crippen molar-refractivity contribution in [2.75, 3.05) is 20.2 Å². The number of halogens is 1. The number of amides is 1. The Balaban J connectivity index is 2.60. The van der Waals surface area contributed by atoms with Gasteiger partial charge in [-0.1, -0.05) is 32.0 Å². The van der Waals surface area contributed by atoms with Gasteiger partial charge in [-0.15, -0.1) is 0 Å². The molecule has 0 aliphatic heterocycles. The summed E-state index contributed by atoms with van der Waals surface area (Å²) >= 11 is 0. The second-order valence-corrected chi connectivity index (χ2v) is 5.44. The fourth-order valence-corrected chi connectivity index (χ4v) is 1.97. The Bertz CT molecular complexity index is 445. The second kappa shape index (κ2) is 7.36. The lowest BCUT2D eigenvalue weighted by molar-refractivity contribution is -0.123. The van der Waals surface area contributed by atoms with Crippen LogP contribution in [-0.2, 0) is 14.9 Å². The van der Waals surface area contributed by atoms with Crippen molar-refractivity contribution in [3.8, 4) is 0 Å². The van der Waals surface area contributed by atoms with Gasteiger partial charge in [0.25, 0.3) is 0 Å². The maximum absolute atomic E-state index is 13.8. The Morgan fingerprint density at radius 1 is 1.45 bits per heavy atom. The molecule has 1 rings (SSSR count). The Labute approximate surface area is 119 Å². The van der Waals surface area contributed by atoms with Crippen LogP contribution >= 0.6 is 0 Å². The molecule has 4 nitrogen and oxygen atoms in total. The van der Waals surface area contributed by atoms with Crippen molar-refractivity contribution in [1.82, 2.24) is 5.32 Å². The number of ether oxygens (including phenoxy) is 1. The van der Waals surface area contributed by atoms with E-state index in [1.165, 1.54) is 13.2 Å². The van der Waals surface area contributed by atoms with Gasteiger partial charge in [0.1, 0.15) is 5.82 Å². The van der Waals surface area contributed by atoms with Gasteiger partial charge < -0.3 is 15.8 Å². The zero-order chi connectivity index (χ0) is 15.2. The lowest BCUT2D eigenvalue weighted by atomic mass is 9.84. The Hall–Kier alpha value is -1.46. The lowest BCUT2D eigenvalue weighted by Gasteiger charge is -2.26. The molecule has 20 heavy (non-hydrogen) atoms. The average Bonchev–Trinajstić information content (AvgIpc) is 2.43. The first-order valence-corrected chi connectivity index (χ1v) is 6.65. The van der Waals surface area contributed by atoms with Crippen molar-refractivity contribution >= 4 is 5.91 Å². The summed E-state index contributed by atoms with van der Waals surface area (Å²) in [5.74, 6) is -0.407. The van der Waals surface area contributed by atoms with Crippen LogP contribution in [0.15, 0.2) is 24.3 Å². The molecule has 1 aromatic rings. The van der Waals surface area contributed by atoms with Gasteiger partial charge in [-0.25, -0.2) is 4.39 Å². The highest BCUT2D eigenvalue weighted by Gasteiger charge is 2.24. The van der Waals surface area contributed by atoms with Gasteiger partial charge >= 0.3 is 0 Å². The third-order valence-electron chi connectivity index (χ3n) is 3.34. The quantitative estimate of drug-likeness (QED) is 0.798. The van der Waals surface area contributed by atoms with Gasteiger partial charge in [0.2, 0.25) is 5.91 Å². The normalized spacial score (nSPS) is 13.1. The van der Waals surface area contributed by atoms with Crippen LogP contribution in [-0.4, -0.2) is 32.2 Å². The minimum atomic E-state index is -0.480. The minimum absolute atomic E-state index is 0.147. The number of nitrogens with one attached hydrogen (secondary N) is 1. The maximum Gasteiger partial charge on any atom is 0.222 e. The molecule has 1 unspecified atom stereocenters. The molecule has 0 aliphatic carbocycles. The fourth-order valence-electron chi connectivity index (χ4n) is 1.97. The van der Waals surface area contributed by atoms with E-state index in [1.807, 2.05) is 13.8 Å². The summed E-state index contributed by atoms with van der Waals surface area (Å²) in [6.45, 7) is 4.43. The molecular formula is C15H23FN2O2. The topological polar surface area (TPSA) is 64.3 Å². The second-order valence-electron chi connectivity index (χ2n) is 5.44. The maximum atomic E-state index is 13.8. The summed E-state index contributed by atoms with van der Waals surface area (Å²) in [6.07, 6.45) is -0.0769. The summed E-state index contributed by atoms with van der Waals surface area (Å²) in [6, 6.07) is 6.60. The van der Waals surface area contributed by atoms with E-state index < -0.39 is 5.41 Å². The number of carbonyl (C=O) groups excluding carboxylic acids is 1. The van der Waals surface area contributed by atoms with Gasteiger partial charge in [-0.05, 0) is 11.6 Å². The largest absolute Gasteiger partial charge is 0.380 e. The van der Waals surface area contributed by atoms with Gasteiger partial charge in [0, 0.05) is 25.6 Å². The zero-order valence-electron chi connectivity index (χ0n) is 12.3. The number of carbonyl (C=O) groups is 1. The molecular weight excluding hydrogens is 259 g/mol. The van der Waals surface area contributed by atoms with E-state index in [9.17, 15) is 9.18 Å². The lowest BCUT2D eigenvalue weighted by Crippen LogP contribution is -2.39. The van der Waals surface area contributed by atoms with E-state index in [0.29, 0.717) is 18.7 Å². The molecule has 0 aliphatic rings. The molecule has 1 aromatic carbocycles. The highest BCUT2D eigenvalue weighted by molar-refractivity contribution is 5.76. The molecule has 0 saturated carbocycles. The SMILES string of the molecule is COC(CN)CC(=O)NCC(C)(C)c1ccccc1F. The predicted molar refractivity (Wildman–Crippen MR) is 76.9 cm³/mol. The van der Waals surface area contributed by atoms with Crippen molar-refractivity contribution < 1.29 is 13.9 Å². The molecule has 1 atom stereocenters. The number of methoxy groups -OCH3 is 1. The fraction of sp³-hybridized carbons (Fsp3) is 0.533.